The first-order valence-corrected chi connectivity index (χ1v) is 11.4. The summed E-state index contributed by atoms with van der Waals surface area (Å²) in [4.78, 5) is 28.9. The minimum atomic E-state index is -4.01. The first kappa shape index (κ1) is 22.3. The Balaban J connectivity index is 1.71. The average Bonchev–Trinajstić information content (AvgIpc) is 3.03. The average molecular weight is 444 g/mol. The predicted molar refractivity (Wildman–Crippen MR) is 118 cm³/mol. The van der Waals surface area contributed by atoms with Crippen molar-refractivity contribution in [2.24, 2.45) is 0 Å². The van der Waals surface area contributed by atoms with Crippen LogP contribution in [0, 0.1) is 13.8 Å². The molecule has 0 atom stereocenters. The second kappa shape index (κ2) is 9.17. The normalized spacial score (nSPS) is 11.3. The van der Waals surface area contributed by atoms with Crippen LogP contribution in [-0.2, 0) is 10.0 Å². The fourth-order valence-electron chi connectivity index (χ4n) is 3.04. The Bertz CT molecular complexity index is 1220. The standard InChI is InChI=1S/C21H25N5O4S/c1-4-5-11-22-21(28)25-31(29,30)17-8-6-16(7-9-17)24-20(27)19-15(3)23-18-13-14(2)10-12-26(18)19/h6-10,12-13H,4-5,11H2,1-3H3,(H,24,27)(H2,22,25,28). The lowest BCUT2D eigenvalue weighted by molar-refractivity contribution is 0.102. The van der Waals surface area contributed by atoms with Crippen LogP contribution < -0.4 is 15.4 Å². The molecule has 2 aromatic heterocycles. The number of sulfonamides is 1. The van der Waals surface area contributed by atoms with E-state index in [1.807, 2.05) is 30.7 Å². The van der Waals surface area contributed by atoms with Gasteiger partial charge in [-0.05, 0) is 62.2 Å². The summed E-state index contributed by atoms with van der Waals surface area (Å²) >= 11 is 0. The summed E-state index contributed by atoms with van der Waals surface area (Å²) < 4.78 is 28.4. The van der Waals surface area contributed by atoms with Crippen LogP contribution in [0.3, 0.4) is 0 Å². The zero-order chi connectivity index (χ0) is 22.6. The van der Waals surface area contributed by atoms with Crippen LogP contribution in [-0.4, -0.2) is 36.3 Å². The number of amides is 3. The molecule has 3 amide bonds. The number of urea groups is 1. The third kappa shape index (κ3) is 5.21. The van der Waals surface area contributed by atoms with E-state index in [0.29, 0.717) is 29.3 Å². The van der Waals surface area contributed by atoms with Gasteiger partial charge in [-0.2, -0.15) is 0 Å². The maximum Gasteiger partial charge on any atom is 0.328 e. The van der Waals surface area contributed by atoms with Crippen LogP contribution in [0.25, 0.3) is 5.65 Å². The van der Waals surface area contributed by atoms with Crippen LogP contribution >= 0.6 is 0 Å². The van der Waals surface area contributed by atoms with E-state index in [1.165, 1.54) is 24.3 Å². The van der Waals surface area contributed by atoms with Crippen molar-refractivity contribution in [3.05, 3.63) is 59.5 Å². The number of nitrogens with zero attached hydrogens (tertiary/aromatic N) is 2. The van der Waals surface area contributed by atoms with Gasteiger partial charge in [0.25, 0.3) is 15.9 Å². The molecule has 0 bridgehead atoms. The molecule has 10 heteroatoms. The zero-order valence-corrected chi connectivity index (χ0v) is 18.4. The molecule has 164 valence electrons. The molecule has 0 spiro atoms. The van der Waals surface area contributed by atoms with Crippen LogP contribution in [0.2, 0.25) is 0 Å². The summed E-state index contributed by atoms with van der Waals surface area (Å²) in [5.41, 5.74) is 3.11. The van der Waals surface area contributed by atoms with Crippen molar-refractivity contribution in [3.8, 4) is 0 Å². The summed E-state index contributed by atoms with van der Waals surface area (Å²) in [6, 6.07) is 8.56. The molecule has 3 N–H and O–H groups in total. The Kier molecular flexibility index (Phi) is 6.59. The number of carbonyl (C=O) groups excluding carboxylic acids is 2. The van der Waals surface area contributed by atoms with E-state index in [2.05, 4.69) is 15.6 Å². The summed E-state index contributed by atoms with van der Waals surface area (Å²) in [6.45, 7) is 6.06. The predicted octanol–water partition coefficient (Wildman–Crippen LogP) is 2.99. The van der Waals surface area contributed by atoms with Gasteiger partial charge in [0, 0.05) is 18.4 Å². The number of imidazole rings is 1. The number of rotatable bonds is 7. The molecule has 0 unspecified atom stereocenters. The van der Waals surface area contributed by atoms with E-state index in [9.17, 15) is 18.0 Å². The fourth-order valence-corrected chi connectivity index (χ4v) is 3.97. The lowest BCUT2D eigenvalue weighted by Crippen LogP contribution is -2.39. The molecule has 0 fully saturated rings. The zero-order valence-electron chi connectivity index (χ0n) is 17.6. The van der Waals surface area contributed by atoms with E-state index in [4.69, 9.17) is 0 Å². The molecule has 9 nitrogen and oxygen atoms in total. The van der Waals surface area contributed by atoms with Gasteiger partial charge in [-0.15, -0.1) is 0 Å². The van der Waals surface area contributed by atoms with Gasteiger partial charge in [0.05, 0.1) is 10.6 Å². The number of aryl methyl sites for hydroxylation is 2. The number of nitrogens with one attached hydrogen (secondary N) is 3. The number of aromatic nitrogens is 2. The number of fused-ring (bicyclic) bond motifs is 1. The second-order valence-electron chi connectivity index (χ2n) is 7.17. The number of carbonyl (C=O) groups is 2. The number of hydrogen-bond donors (Lipinski definition) is 3. The molecule has 0 aliphatic rings. The molecule has 0 aliphatic carbocycles. The van der Waals surface area contributed by atoms with Gasteiger partial charge in [0.2, 0.25) is 0 Å². The first-order chi connectivity index (χ1) is 14.7. The van der Waals surface area contributed by atoms with Gasteiger partial charge in [0.15, 0.2) is 0 Å². The third-order valence-electron chi connectivity index (χ3n) is 4.64. The lowest BCUT2D eigenvalue weighted by atomic mass is 10.2. The Morgan fingerprint density at radius 1 is 1.10 bits per heavy atom. The van der Waals surface area contributed by atoms with E-state index >= 15 is 0 Å². The monoisotopic (exact) mass is 443 g/mol. The maximum atomic E-state index is 12.8. The molecule has 0 aliphatic heterocycles. The molecule has 3 rings (SSSR count). The highest BCUT2D eigenvalue weighted by Gasteiger charge is 2.19. The third-order valence-corrected chi connectivity index (χ3v) is 5.98. The SMILES string of the molecule is CCCCNC(=O)NS(=O)(=O)c1ccc(NC(=O)c2c(C)nc3cc(C)ccn23)cc1. The van der Waals surface area contributed by atoms with Crippen LogP contribution in [0.5, 0.6) is 0 Å². The number of hydrogen-bond acceptors (Lipinski definition) is 5. The summed E-state index contributed by atoms with van der Waals surface area (Å²) in [7, 11) is -4.01. The Morgan fingerprint density at radius 3 is 2.48 bits per heavy atom. The molecular weight excluding hydrogens is 418 g/mol. The maximum absolute atomic E-state index is 12.8. The van der Waals surface area contributed by atoms with Crippen molar-refractivity contribution in [1.82, 2.24) is 19.4 Å². The first-order valence-electron chi connectivity index (χ1n) is 9.88. The van der Waals surface area contributed by atoms with Crippen LogP contribution in [0.15, 0.2) is 47.5 Å². The van der Waals surface area contributed by atoms with Crippen molar-refractivity contribution in [1.29, 1.82) is 0 Å². The molecule has 1 aromatic carbocycles. The van der Waals surface area contributed by atoms with Crippen molar-refractivity contribution in [2.45, 2.75) is 38.5 Å². The number of benzene rings is 1. The smallest absolute Gasteiger partial charge is 0.328 e. The summed E-state index contributed by atoms with van der Waals surface area (Å²) in [5.74, 6) is -0.363. The molecule has 0 saturated carbocycles. The molecule has 31 heavy (non-hydrogen) atoms. The lowest BCUT2D eigenvalue weighted by Gasteiger charge is -2.10. The quantitative estimate of drug-likeness (QED) is 0.485. The second-order valence-corrected chi connectivity index (χ2v) is 8.85. The van der Waals surface area contributed by atoms with E-state index in [0.717, 1.165) is 18.4 Å². The molecule has 3 aromatic rings. The van der Waals surface area contributed by atoms with Crippen molar-refractivity contribution in [2.75, 3.05) is 11.9 Å². The van der Waals surface area contributed by atoms with Crippen molar-refractivity contribution in [3.63, 3.8) is 0 Å². The van der Waals surface area contributed by atoms with Gasteiger partial charge in [-0.25, -0.2) is 22.9 Å². The minimum absolute atomic E-state index is 0.0856. The van der Waals surface area contributed by atoms with Gasteiger partial charge in [0.1, 0.15) is 11.3 Å². The van der Waals surface area contributed by atoms with Gasteiger partial charge in [-0.1, -0.05) is 13.3 Å². The summed E-state index contributed by atoms with van der Waals surface area (Å²) in [5, 5.41) is 5.24. The van der Waals surface area contributed by atoms with Crippen LogP contribution in [0.4, 0.5) is 10.5 Å². The highest BCUT2D eigenvalue weighted by atomic mass is 32.2. The number of unbranched alkanes of at least 4 members (excludes halogenated alkanes) is 1. The Labute approximate surface area is 180 Å². The fraction of sp³-hybridized carbons (Fsp3) is 0.286. The molecule has 0 saturated heterocycles. The van der Waals surface area contributed by atoms with E-state index in [1.54, 1.807) is 17.5 Å². The highest BCUT2D eigenvalue weighted by molar-refractivity contribution is 7.90. The van der Waals surface area contributed by atoms with Gasteiger partial charge in [-0.3, -0.25) is 9.20 Å². The minimum Gasteiger partial charge on any atom is -0.337 e. The summed E-state index contributed by atoms with van der Waals surface area (Å²) in [6.07, 6.45) is 3.42. The largest absolute Gasteiger partial charge is 0.337 e. The number of pyridine rings is 1. The van der Waals surface area contributed by atoms with Crippen molar-refractivity contribution < 1.29 is 18.0 Å². The topological polar surface area (TPSA) is 122 Å². The van der Waals surface area contributed by atoms with Gasteiger partial charge < -0.3 is 10.6 Å². The number of anilines is 1. The van der Waals surface area contributed by atoms with E-state index in [-0.39, 0.29) is 10.8 Å². The van der Waals surface area contributed by atoms with E-state index < -0.39 is 16.1 Å². The van der Waals surface area contributed by atoms with Crippen molar-refractivity contribution >= 4 is 33.3 Å². The highest BCUT2D eigenvalue weighted by Crippen LogP contribution is 2.18. The Hall–Kier alpha value is -3.40. The van der Waals surface area contributed by atoms with Gasteiger partial charge >= 0.3 is 6.03 Å². The molecule has 0 radical (unpaired) electrons. The molecular formula is C21H25N5O4S. The molecule has 2 heterocycles. The van der Waals surface area contributed by atoms with Crippen LogP contribution in [0.1, 0.15) is 41.5 Å². The Morgan fingerprint density at radius 2 is 1.81 bits per heavy atom.